The fourth-order valence-corrected chi connectivity index (χ4v) is 3.94. The first-order valence-electron chi connectivity index (χ1n) is 9.15. The average Bonchev–Trinajstić information content (AvgIpc) is 3.12. The van der Waals surface area contributed by atoms with Gasteiger partial charge in [-0.05, 0) is 31.2 Å². The summed E-state index contributed by atoms with van der Waals surface area (Å²) in [6.45, 7) is 4.19. The Morgan fingerprint density at radius 3 is 2.46 bits per heavy atom. The van der Waals surface area contributed by atoms with Gasteiger partial charge in [0.25, 0.3) is 0 Å². The van der Waals surface area contributed by atoms with Crippen molar-refractivity contribution < 1.29 is 4.74 Å². The molecule has 4 rings (SSSR count). The molecule has 5 heteroatoms. The number of rotatable bonds is 4. The molecule has 2 aromatic rings. The zero-order chi connectivity index (χ0) is 16.2. The standard InChI is InChI=1S/C19H26N4O/c1-2-4-16(5-3-1)14-17-15-23(21-20-17)19-6-10-22(11-7-19)18-8-12-24-13-9-18/h1-5,15,18-19H,6-14H2. The van der Waals surface area contributed by atoms with E-state index in [1.807, 2.05) is 6.07 Å². The smallest absolute Gasteiger partial charge is 0.0870 e. The van der Waals surface area contributed by atoms with Crippen molar-refractivity contribution in [3.63, 3.8) is 0 Å². The minimum Gasteiger partial charge on any atom is -0.381 e. The van der Waals surface area contributed by atoms with Crippen LogP contribution >= 0.6 is 0 Å². The van der Waals surface area contributed by atoms with E-state index in [4.69, 9.17) is 4.74 Å². The first-order valence-corrected chi connectivity index (χ1v) is 9.15. The van der Waals surface area contributed by atoms with Crippen molar-refractivity contribution in [2.75, 3.05) is 26.3 Å². The molecular weight excluding hydrogens is 300 g/mol. The van der Waals surface area contributed by atoms with Crippen LogP contribution in [0.15, 0.2) is 36.5 Å². The predicted octanol–water partition coefficient (Wildman–Crippen LogP) is 2.68. The Morgan fingerprint density at radius 2 is 1.71 bits per heavy atom. The second kappa shape index (κ2) is 7.45. The van der Waals surface area contributed by atoms with Gasteiger partial charge in [0, 0.05) is 45.0 Å². The van der Waals surface area contributed by atoms with E-state index in [0.29, 0.717) is 6.04 Å². The predicted molar refractivity (Wildman–Crippen MR) is 93.0 cm³/mol. The van der Waals surface area contributed by atoms with E-state index in [-0.39, 0.29) is 0 Å². The minimum absolute atomic E-state index is 0.498. The molecule has 1 aromatic heterocycles. The second-order valence-electron chi connectivity index (χ2n) is 6.96. The van der Waals surface area contributed by atoms with Crippen LogP contribution in [0, 0.1) is 0 Å². The number of benzene rings is 1. The van der Waals surface area contributed by atoms with Crippen LogP contribution in [0.4, 0.5) is 0 Å². The van der Waals surface area contributed by atoms with E-state index >= 15 is 0 Å². The molecule has 0 unspecified atom stereocenters. The highest BCUT2D eigenvalue weighted by Gasteiger charge is 2.27. The lowest BCUT2D eigenvalue weighted by atomic mass is 10.00. The number of ether oxygens (including phenoxy) is 1. The maximum absolute atomic E-state index is 5.48. The van der Waals surface area contributed by atoms with Crippen molar-refractivity contribution >= 4 is 0 Å². The third-order valence-electron chi connectivity index (χ3n) is 5.37. The lowest BCUT2D eigenvalue weighted by Crippen LogP contribution is -2.44. The van der Waals surface area contributed by atoms with Crippen LogP contribution in [0.1, 0.15) is 43.0 Å². The van der Waals surface area contributed by atoms with Gasteiger partial charge >= 0.3 is 0 Å². The van der Waals surface area contributed by atoms with Gasteiger partial charge in [0.15, 0.2) is 0 Å². The molecule has 0 amide bonds. The molecule has 0 bridgehead atoms. The lowest BCUT2D eigenvalue weighted by Gasteiger charge is -2.39. The molecule has 0 atom stereocenters. The zero-order valence-electron chi connectivity index (χ0n) is 14.2. The fraction of sp³-hybridized carbons (Fsp3) is 0.579. The Labute approximate surface area is 143 Å². The first-order chi connectivity index (χ1) is 11.9. The van der Waals surface area contributed by atoms with Gasteiger partial charge in [-0.2, -0.15) is 0 Å². The average molecular weight is 326 g/mol. The summed E-state index contributed by atoms with van der Waals surface area (Å²) in [5.41, 5.74) is 2.35. The lowest BCUT2D eigenvalue weighted by molar-refractivity contribution is 0.0211. The third kappa shape index (κ3) is 3.68. The molecule has 1 aromatic carbocycles. The van der Waals surface area contributed by atoms with Crippen LogP contribution in [-0.4, -0.2) is 52.2 Å². The summed E-state index contributed by atoms with van der Waals surface area (Å²) in [6, 6.07) is 11.7. The van der Waals surface area contributed by atoms with E-state index in [2.05, 4.69) is 50.4 Å². The molecule has 5 nitrogen and oxygen atoms in total. The van der Waals surface area contributed by atoms with Crippen molar-refractivity contribution in [3.05, 3.63) is 47.8 Å². The molecule has 0 aliphatic carbocycles. The van der Waals surface area contributed by atoms with Gasteiger partial charge in [0.05, 0.1) is 11.7 Å². The highest BCUT2D eigenvalue weighted by Crippen LogP contribution is 2.26. The normalized spacial score (nSPS) is 21.2. The zero-order valence-corrected chi connectivity index (χ0v) is 14.2. The van der Waals surface area contributed by atoms with Crippen LogP contribution in [0.5, 0.6) is 0 Å². The van der Waals surface area contributed by atoms with Crippen LogP contribution in [0.25, 0.3) is 0 Å². The molecule has 2 aliphatic rings. The number of hydrogen-bond donors (Lipinski definition) is 0. The first kappa shape index (κ1) is 15.8. The maximum atomic E-state index is 5.48. The van der Waals surface area contributed by atoms with Gasteiger partial charge in [-0.1, -0.05) is 35.5 Å². The Kier molecular flexibility index (Phi) is 4.90. The Balaban J connectivity index is 1.32. The largest absolute Gasteiger partial charge is 0.381 e. The molecule has 128 valence electrons. The van der Waals surface area contributed by atoms with E-state index in [1.165, 1.54) is 44.3 Å². The number of hydrogen-bond acceptors (Lipinski definition) is 4. The van der Waals surface area contributed by atoms with Gasteiger partial charge in [0.2, 0.25) is 0 Å². The molecule has 3 heterocycles. The molecule has 2 fully saturated rings. The van der Waals surface area contributed by atoms with E-state index in [9.17, 15) is 0 Å². The molecule has 0 spiro atoms. The summed E-state index contributed by atoms with van der Waals surface area (Å²) < 4.78 is 7.58. The number of likely N-dealkylation sites (tertiary alicyclic amines) is 1. The van der Waals surface area contributed by atoms with Gasteiger partial charge in [-0.25, -0.2) is 4.68 Å². The highest BCUT2D eigenvalue weighted by molar-refractivity contribution is 5.19. The summed E-state index contributed by atoms with van der Waals surface area (Å²) in [6.07, 6.45) is 7.73. The fourth-order valence-electron chi connectivity index (χ4n) is 3.94. The van der Waals surface area contributed by atoms with Gasteiger partial charge < -0.3 is 9.64 Å². The number of aromatic nitrogens is 3. The van der Waals surface area contributed by atoms with Gasteiger partial charge in [-0.3, -0.25) is 0 Å². The summed E-state index contributed by atoms with van der Waals surface area (Å²) >= 11 is 0. The van der Waals surface area contributed by atoms with Crippen molar-refractivity contribution in [2.45, 2.75) is 44.2 Å². The third-order valence-corrected chi connectivity index (χ3v) is 5.37. The van der Waals surface area contributed by atoms with Crippen molar-refractivity contribution in [2.24, 2.45) is 0 Å². The Bertz CT molecular complexity index is 628. The van der Waals surface area contributed by atoms with Gasteiger partial charge in [0.1, 0.15) is 0 Å². The summed E-state index contributed by atoms with van der Waals surface area (Å²) in [5.74, 6) is 0. The van der Waals surface area contributed by atoms with Crippen LogP contribution in [-0.2, 0) is 11.2 Å². The highest BCUT2D eigenvalue weighted by atomic mass is 16.5. The topological polar surface area (TPSA) is 43.2 Å². The SMILES string of the molecule is c1ccc(Cc2cn(C3CCN(C4CCOCC4)CC3)nn2)cc1. The van der Waals surface area contributed by atoms with E-state index in [1.54, 1.807) is 0 Å². The quantitative estimate of drug-likeness (QED) is 0.866. The van der Waals surface area contributed by atoms with Crippen molar-refractivity contribution in [1.29, 1.82) is 0 Å². The van der Waals surface area contributed by atoms with Gasteiger partial charge in [-0.15, -0.1) is 5.10 Å². The van der Waals surface area contributed by atoms with Crippen molar-refractivity contribution in [3.8, 4) is 0 Å². The Hall–Kier alpha value is -1.72. The van der Waals surface area contributed by atoms with E-state index in [0.717, 1.165) is 31.4 Å². The second-order valence-corrected chi connectivity index (χ2v) is 6.96. The molecule has 0 N–H and O–H groups in total. The van der Waals surface area contributed by atoms with Crippen LogP contribution < -0.4 is 0 Å². The maximum Gasteiger partial charge on any atom is 0.0870 e. The minimum atomic E-state index is 0.498. The molecular formula is C19H26N4O. The molecule has 0 radical (unpaired) electrons. The number of nitrogens with zero attached hydrogens (tertiary/aromatic N) is 4. The number of piperidine rings is 1. The summed E-state index contributed by atoms with van der Waals surface area (Å²) in [4.78, 5) is 2.65. The Morgan fingerprint density at radius 1 is 0.958 bits per heavy atom. The molecule has 2 aliphatic heterocycles. The molecule has 2 saturated heterocycles. The van der Waals surface area contributed by atoms with Crippen LogP contribution in [0.3, 0.4) is 0 Å². The summed E-state index contributed by atoms with van der Waals surface area (Å²) in [7, 11) is 0. The van der Waals surface area contributed by atoms with Crippen LogP contribution in [0.2, 0.25) is 0 Å². The molecule has 24 heavy (non-hydrogen) atoms. The summed E-state index contributed by atoms with van der Waals surface area (Å²) in [5, 5.41) is 8.78. The van der Waals surface area contributed by atoms with Crippen molar-refractivity contribution in [1.82, 2.24) is 19.9 Å². The van der Waals surface area contributed by atoms with E-state index < -0.39 is 0 Å². The monoisotopic (exact) mass is 326 g/mol. The molecule has 0 saturated carbocycles.